The molecule has 0 fully saturated rings. The summed E-state index contributed by atoms with van der Waals surface area (Å²) in [7, 11) is 0. The number of amidine groups is 1. The van der Waals surface area contributed by atoms with Crippen LogP contribution in [0.15, 0.2) is 34.3 Å². The SMILES string of the molecule is ClCC1=CSC2=Nc3ccc(Cl)cc3CN12. The van der Waals surface area contributed by atoms with E-state index in [1.54, 1.807) is 11.8 Å². The van der Waals surface area contributed by atoms with E-state index in [4.69, 9.17) is 23.2 Å². The zero-order valence-corrected chi connectivity index (χ0v) is 10.6. The van der Waals surface area contributed by atoms with Gasteiger partial charge in [0.2, 0.25) is 0 Å². The number of hydrogen-bond donors (Lipinski definition) is 0. The van der Waals surface area contributed by atoms with Gasteiger partial charge in [0.25, 0.3) is 0 Å². The van der Waals surface area contributed by atoms with Gasteiger partial charge in [0, 0.05) is 10.7 Å². The molecule has 0 radical (unpaired) electrons. The molecule has 2 aliphatic rings. The molecule has 0 N–H and O–H groups in total. The Bertz CT molecular complexity index is 511. The smallest absolute Gasteiger partial charge is 0.173 e. The predicted octanol–water partition coefficient (Wildman–Crippen LogP) is 3.97. The first-order chi connectivity index (χ1) is 7.78. The molecule has 1 aromatic rings. The molecule has 5 heteroatoms. The van der Waals surface area contributed by atoms with Crippen LogP contribution in [0.1, 0.15) is 5.56 Å². The van der Waals surface area contributed by atoms with E-state index in [1.807, 2.05) is 18.2 Å². The summed E-state index contributed by atoms with van der Waals surface area (Å²) in [6, 6.07) is 5.79. The topological polar surface area (TPSA) is 15.6 Å². The summed E-state index contributed by atoms with van der Waals surface area (Å²) in [5.74, 6) is 0.516. The Hall–Kier alpha value is -0.640. The molecule has 0 bridgehead atoms. The van der Waals surface area contributed by atoms with Crippen molar-refractivity contribution in [1.82, 2.24) is 4.90 Å². The van der Waals surface area contributed by atoms with Gasteiger partial charge in [0.15, 0.2) is 5.17 Å². The second kappa shape index (κ2) is 3.99. The van der Waals surface area contributed by atoms with E-state index in [2.05, 4.69) is 15.3 Å². The molecule has 0 unspecified atom stereocenters. The number of fused-ring (bicyclic) bond motifs is 2. The fourth-order valence-corrected chi connectivity index (χ4v) is 3.21. The molecule has 0 amide bonds. The second-order valence-electron chi connectivity index (χ2n) is 3.61. The minimum absolute atomic E-state index is 0.516. The summed E-state index contributed by atoms with van der Waals surface area (Å²) in [6.07, 6.45) is 0. The molecule has 2 aliphatic heterocycles. The van der Waals surface area contributed by atoms with Crippen molar-refractivity contribution in [2.75, 3.05) is 5.88 Å². The van der Waals surface area contributed by atoms with Crippen molar-refractivity contribution >= 4 is 45.8 Å². The van der Waals surface area contributed by atoms with E-state index < -0.39 is 0 Å². The molecule has 0 spiro atoms. The highest BCUT2D eigenvalue weighted by atomic mass is 35.5. The van der Waals surface area contributed by atoms with Crippen LogP contribution in [-0.2, 0) is 6.54 Å². The number of rotatable bonds is 1. The predicted molar refractivity (Wildman–Crippen MR) is 70.5 cm³/mol. The maximum atomic E-state index is 5.98. The van der Waals surface area contributed by atoms with Crippen LogP contribution >= 0.6 is 35.0 Å². The molecular formula is C11H8Cl2N2S. The lowest BCUT2D eigenvalue weighted by atomic mass is 10.1. The van der Waals surface area contributed by atoms with Gasteiger partial charge < -0.3 is 4.90 Å². The summed E-state index contributed by atoms with van der Waals surface area (Å²) < 4.78 is 0. The molecule has 1 aromatic carbocycles. The average Bonchev–Trinajstić information content (AvgIpc) is 2.68. The average molecular weight is 271 g/mol. The van der Waals surface area contributed by atoms with Gasteiger partial charge in [-0.15, -0.1) is 11.6 Å². The summed E-state index contributed by atoms with van der Waals surface area (Å²) in [4.78, 5) is 6.72. The van der Waals surface area contributed by atoms with Crippen molar-refractivity contribution in [1.29, 1.82) is 0 Å². The van der Waals surface area contributed by atoms with Crippen molar-refractivity contribution in [3.8, 4) is 0 Å². The van der Waals surface area contributed by atoms with E-state index in [-0.39, 0.29) is 0 Å². The normalized spacial score (nSPS) is 17.8. The first kappa shape index (κ1) is 10.5. The number of hydrogen-bond acceptors (Lipinski definition) is 3. The fourth-order valence-electron chi connectivity index (χ4n) is 1.79. The van der Waals surface area contributed by atoms with Gasteiger partial charge in [-0.25, -0.2) is 4.99 Å². The molecule has 3 rings (SSSR count). The number of aliphatic imine (C=N–C) groups is 1. The highest BCUT2D eigenvalue weighted by molar-refractivity contribution is 8.16. The van der Waals surface area contributed by atoms with E-state index >= 15 is 0 Å². The summed E-state index contributed by atoms with van der Waals surface area (Å²) in [5.41, 5.74) is 3.26. The largest absolute Gasteiger partial charge is 0.318 e. The molecule has 0 aromatic heterocycles. The highest BCUT2D eigenvalue weighted by Gasteiger charge is 2.26. The number of allylic oxidation sites excluding steroid dienone is 1. The number of benzene rings is 1. The van der Waals surface area contributed by atoms with Crippen LogP contribution in [0.2, 0.25) is 5.02 Å². The lowest BCUT2D eigenvalue weighted by Gasteiger charge is -2.26. The van der Waals surface area contributed by atoms with E-state index in [1.165, 1.54) is 0 Å². The second-order valence-corrected chi connectivity index (χ2v) is 5.15. The zero-order valence-electron chi connectivity index (χ0n) is 8.28. The molecule has 2 heterocycles. The van der Waals surface area contributed by atoms with Crippen LogP contribution in [-0.4, -0.2) is 15.9 Å². The zero-order chi connectivity index (χ0) is 11.1. The van der Waals surface area contributed by atoms with E-state index in [9.17, 15) is 0 Å². The molecule has 0 saturated carbocycles. The molecule has 82 valence electrons. The Morgan fingerprint density at radius 1 is 1.44 bits per heavy atom. The van der Waals surface area contributed by atoms with Crippen LogP contribution in [0.3, 0.4) is 0 Å². The quantitative estimate of drug-likeness (QED) is 0.718. The third-order valence-corrected chi connectivity index (χ3v) is 4.02. The minimum atomic E-state index is 0.516. The van der Waals surface area contributed by atoms with Gasteiger partial charge in [-0.2, -0.15) is 0 Å². The monoisotopic (exact) mass is 270 g/mol. The van der Waals surface area contributed by atoms with Gasteiger partial charge in [0.1, 0.15) is 0 Å². The van der Waals surface area contributed by atoms with Gasteiger partial charge >= 0.3 is 0 Å². The van der Waals surface area contributed by atoms with Crippen LogP contribution < -0.4 is 0 Å². The number of nitrogens with zero attached hydrogens (tertiary/aromatic N) is 2. The van der Waals surface area contributed by atoms with Crippen molar-refractivity contribution in [2.45, 2.75) is 6.54 Å². The van der Waals surface area contributed by atoms with Crippen LogP contribution in [0.4, 0.5) is 5.69 Å². The number of alkyl halides is 1. The highest BCUT2D eigenvalue weighted by Crippen LogP contribution is 2.37. The Balaban J connectivity index is 2.03. The van der Waals surface area contributed by atoms with Gasteiger partial charge in [-0.05, 0) is 29.2 Å². The first-order valence-electron chi connectivity index (χ1n) is 4.84. The molecule has 0 atom stereocenters. The Morgan fingerprint density at radius 2 is 2.31 bits per heavy atom. The van der Waals surface area contributed by atoms with Crippen molar-refractivity contribution in [3.63, 3.8) is 0 Å². The number of thioether (sulfide) groups is 1. The van der Waals surface area contributed by atoms with E-state index in [0.29, 0.717) is 5.88 Å². The maximum absolute atomic E-state index is 5.98. The van der Waals surface area contributed by atoms with Crippen LogP contribution in [0, 0.1) is 0 Å². The third-order valence-electron chi connectivity index (χ3n) is 2.60. The van der Waals surface area contributed by atoms with Crippen LogP contribution in [0.25, 0.3) is 0 Å². The fraction of sp³-hybridized carbons (Fsp3) is 0.182. The van der Waals surface area contributed by atoms with Gasteiger partial charge in [-0.3, -0.25) is 0 Å². The summed E-state index contributed by atoms with van der Waals surface area (Å²) in [5, 5.41) is 3.81. The summed E-state index contributed by atoms with van der Waals surface area (Å²) >= 11 is 13.5. The Labute approximate surface area is 108 Å². The molecule has 0 aliphatic carbocycles. The van der Waals surface area contributed by atoms with Crippen molar-refractivity contribution in [3.05, 3.63) is 39.9 Å². The van der Waals surface area contributed by atoms with Crippen molar-refractivity contribution < 1.29 is 0 Å². The lowest BCUT2D eigenvalue weighted by Crippen LogP contribution is -2.26. The Kier molecular flexibility index (Phi) is 2.62. The minimum Gasteiger partial charge on any atom is -0.318 e. The molecule has 2 nitrogen and oxygen atoms in total. The third kappa shape index (κ3) is 1.63. The molecular weight excluding hydrogens is 263 g/mol. The molecule has 0 saturated heterocycles. The van der Waals surface area contributed by atoms with Crippen LogP contribution in [0.5, 0.6) is 0 Å². The standard InChI is InChI=1S/C11H8Cl2N2S/c12-4-9-6-16-11-14-10-2-1-8(13)3-7(10)5-15(9)11/h1-3,6H,4-5H2. The maximum Gasteiger partial charge on any atom is 0.173 e. The number of halogens is 2. The van der Waals surface area contributed by atoms with Gasteiger partial charge in [0.05, 0.1) is 18.1 Å². The van der Waals surface area contributed by atoms with E-state index in [0.717, 1.165) is 33.7 Å². The first-order valence-corrected chi connectivity index (χ1v) is 6.63. The van der Waals surface area contributed by atoms with Gasteiger partial charge in [-0.1, -0.05) is 23.4 Å². The molecule has 16 heavy (non-hydrogen) atoms. The Morgan fingerprint density at radius 3 is 3.12 bits per heavy atom. The van der Waals surface area contributed by atoms with Crippen molar-refractivity contribution in [2.24, 2.45) is 4.99 Å². The summed E-state index contributed by atoms with van der Waals surface area (Å²) in [6.45, 7) is 0.806. The lowest BCUT2D eigenvalue weighted by molar-refractivity contribution is 0.518.